The first-order chi connectivity index (χ1) is 16.8. The summed E-state index contributed by atoms with van der Waals surface area (Å²) in [6.07, 6.45) is -0.118. The SMILES string of the molecule is COc1ccc(OC)c([C@H]2C(C(=O)OC(C)C)=C(C)N=C3SC=C(CC(=O)N4CCOCC4)N32)c1. The van der Waals surface area contributed by atoms with E-state index in [4.69, 9.17) is 23.9 Å². The van der Waals surface area contributed by atoms with Gasteiger partial charge < -0.3 is 28.7 Å². The smallest absolute Gasteiger partial charge is 0.338 e. The summed E-state index contributed by atoms with van der Waals surface area (Å²) >= 11 is 1.44. The van der Waals surface area contributed by atoms with Gasteiger partial charge in [-0.1, -0.05) is 11.8 Å². The number of morpholine rings is 1. The number of carbonyl (C=O) groups is 2. The highest BCUT2D eigenvalue weighted by atomic mass is 32.2. The molecule has 35 heavy (non-hydrogen) atoms. The molecule has 3 heterocycles. The first kappa shape index (κ1) is 25.1. The van der Waals surface area contributed by atoms with Crippen molar-refractivity contribution in [1.29, 1.82) is 0 Å². The van der Waals surface area contributed by atoms with Gasteiger partial charge in [0.05, 0.1) is 57.3 Å². The first-order valence-corrected chi connectivity index (χ1v) is 12.4. The molecule has 3 aliphatic heterocycles. The number of esters is 1. The van der Waals surface area contributed by atoms with Crippen LogP contribution in [0.15, 0.2) is 45.6 Å². The van der Waals surface area contributed by atoms with E-state index < -0.39 is 12.0 Å². The number of benzene rings is 1. The Morgan fingerprint density at radius 3 is 2.60 bits per heavy atom. The summed E-state index contributed by atoms with van der Waals surface area (Å²) in [4.78, 5) is 35.0. The summed E-state index contributed by atoms with van der Waals surface area (Å²) in [6, 6.07) is 4.87. The molecule has 0 unspecified atom stereocenters. The highest BCUT2D eigenvalue weighted by molar-refractivity contribution is 8.16. The molecule has 1 atom stereocenters. The number of hydrogen-bond acceptors (Lipinski definition) is 9. The number of hydrogen-bond donors (Lipinski definition) is 0. The van der Waals surface area contributed by atoms with Crippen molar-refractivity contribution in [1.82, 2.24) is 9.80 Å². The van der Waals surface area contributed by atoms with Gasteiger partial charge >= 0.3 is 5.97 Å². The topological polar surface area (TPSA) is 89.9 Å². The quantitative estimate of drug-likeness (QED) is 0.525. The lowest BCUT2D eigenvalue weighted by Gasteiger charge is -2.37. The van der Waals surface area contributed by atoms with Crippen LogP contribution in [-0.2, 0) is 19.1 Å². The molecule has 4 rings (SSSR count). The number of carbonyl (C=O) groups excluding carboxylic acids is 2. The number of ether oxygens (including phenoxy) is 4. The molecule has 0 bridgehead atoms. The van der Waals surface area contributed by atoms with E-state index in [-0.39, 0.29) is 18.4 Å². The molecule has 0 radical (unpaired) electrons. The fourth-order valence-electron chi connectivity index (χ4n) is 4.34. The maximum Gasteiger partial charge on any atom is 0.338 e. The minimum absolute atomic E-state index is 0.00957. The number of fused-ring (bicyclic) bond motifs is 1. The second-order valence-corrected chi connectivity index (χ2v) is 9.46. The van der Waals surface area contributed by atoms with E-state index in [1.165, 1.54) is 11.8 Å². The highest BCUT2D eigenvalue weighted by Gasteiger charge is 2.43. The van der Waals surface area contributed by atoms with Crippen molar-refractivity contribution in [3.8, 4) is 11.5 Å². The molecule has 1 aromatic carbocycles. The van der Waals surface area contributed by atoms with Crippen LogP contribution in [0.2, 0.25) is 0 Å². The van der Waals surface area contributed by atoms with Gasteiger partial charge in [-0.2, -0.15) is 0 Å². The Morgan fingerprint density at radius 1 is 1.20 bits per heavy atom. The summed E-state index contributed by atoms with van der Waals surface area (Å²) in [7, 11) is 3.18. The first-order valence-electron chi connectivity index (χ1n) is 11.6. The Balaban J connectivity index is 1.77. The molecule has 0 saturated carbocycles. The van der Waals surface area contributed by atoms with Gasteiger partial charge in [0, 0.05) is 24.4 Å². The average Bonchev–Trinajstić information content (AvgIpc) is 3.24. The molecule has 10 heteroatoms. The van der Waals surface area contributed by atoms with Crippen molar-refractivity contribution in [3.63, 3.8) is 0 Å². The minimum atomic E-state index is -0.600. The van der Waals surface area contributed by atoms with Crippen LogP contribution in [-0.4, -0.2) is 73.5 Å². The molecule has 9 nitrogen and oxygen atoms in total. The molecular formula is C25H31N3O6S. The van der Waals surface area contributed by atoms with Crippen LogP contribution in [0.4, 0.5) is 0 Å². The monoisotopic (exact) mass is 501 g/mol. The van der Waals surface area contributed by atoms with Crippen LogP contribution < -0.4 is 9.47 Å². The fraction of sp³-hybridized carbons (Fsp3) is 0.480. The van der Waals surface area contributed by atoms with E-state index in [9.17, 15) is 9.59 Å². The molecule has 0 N–H and O–H groups in total. The predicted octanol–water partition coefficient (Wildman–Crippen LogP) is 3.48. The Hall–Kier alpha value is -2.98. The van der Waals surface area contributed by atoms with E-state index >= 15 is 0 Å². The molecule has 0 aromatic heterocycles. The summed E-state index contributed by atoms with van der Waals surface area (Å²) in [5, 5.41) is 2.63. The van der Waals surface area contributed by atoms with E-state index in [1.807, 2.05) is 41.2 Å². The van der Waals surface area contributed by atoms with Gasteiger partial charge in [0.25, 0.3) is 0 Å². The molecule has 0 aliphatic carbocycles. The van der Waals surface area contributed by atoms with Gasteiger partial charge in [-0.15, -0.1) is 0 Å². The van der Waals surface area contributed by atoms with Crippen molar-refractivity contribution in [2.45, 2.75) is 39.3 Å². The lowest BCUT2D eigenvalue weighted by molar-refractivity contribution is -0.143. The molecule has 1 fully saturated rings. The number of amidine groups is 1. The normalized spacial score (nSPS) is 19.9. The zero-order chi connectivity index (χ0) is 25.1. The third-order valence-electron chi connectivity index (χ3n) is 5.99. The number of nitrogens with zero attached hydrogens (tertiary/aromatic N) is 3. The van der Waals surface area contributed by atoms with Gasteiger partial charge in [0.15, 0.2) is 5.17 Å². The fourth-order valence-corrected chi connectivity index (χ4v) is 5.30. The van der Waals surface area contributed by atoms with Crippen molar-refractivity contribution in [3.05, 3.63) is 46.1 Å². The van der Waals surface area contributed by atoms with E-state index in [0.29, 0.717) is 54.2 Å². The molecule has 1 aromatic rings. The van der Waals surface area contributed by atoms with Crippen LogP contribution >= 0.6 is 11.8 Å². The van der Waals surface area contributed by atoms with Gasteiger partial charge in [0.2, 0.25) is 5.91 Å². The van der Waals surface area contributed by atoms with Crippen molar-refractivity contribution in [2.75, 3.05) is 40.5 Å². The number of allylic oxidation sites excluding steroid dienone is 1. The third kappa shape index (κ3) is 5.18. The van der Waals surface area contributed by atoms with Gasteiger partial charge in [-0.25, -0.2) is 9.79 Å². The largest absolute Gasteiger partial charge is 0.497 e. The number of amides is 1. The Bertz CT molecular complexity index is 1090. The Labute approximate surface area is 209 Å². The standard InChI is InChI=1S/C25H31N3O6S/c1-15(2)34-24(30)22-16(3)26-25-28(23(22)19-13-18(31-4)6-7-20(19)32-5)17(14-35-25)12-21(29)27-8-10-33-11-9-27/h6-7,13-15,23H,8-12H2,1-5H3/t23-/m0/s1. The van der Waals surface area contributed by atoms with E-state index in [0.717, 1.165) is 11.3 Å². The molecule has 3 aliphatic rings. The van der Waals surface area contributed by atoms with E-state index in [1.54, 1.807) is 27.2 Å². The summed E-state index contributed by atoms with van der Waals surface area (Å²) in [5.41, 5.74) is 2.46. The Morgan fingerprint density at radius 2 is 1.94 bits per heavy atom. The van der Waals surface area contributed by atoms with Crippen LogP contribution in [0.1, 0.15) is 38.8 Å². The lowest BCUT2D eigenvalue weighted by Crippen LogP contribution is -2.42. The maximum absolute atomic E-state index is 13.4. The van der Waals surface area contributed by atoms with Crippen LogP contribution in [0.25, 0.3) is 0 Å². The van der Waals surface area contributed by atoms with E-state index in [2.05, 4.69) is 0 Å². The minimum Gasteiger partial charge on any atom is -0.497 e. The Kier molecular flexibility index (Phi) is 7.71. The van der Waals surface area contributed by atoms with Crippen molar-refractivity contribution in [2.24, 2.45) is 4.99 Å². The van der Waals surface area contributed by atoms with Gasteiger partial charge in [-0.05, 0) is 44.4 Å². The van der Waals surface area contributed by atoms with Crippen LogP contribution in [0.3, 0.4) is 0 Å². The third-order valence-corrected chi connectivity index (χ3v) is 6.88. The maximum atomic E-state index is 13.4. The average molecular weight is 502 g/mol. The number of aliphatic imine (C=N–C) groups is 1. The van der Waals surface area contributed by atoms with Crippen molar-refractivity contribution < 1.29 is 28.5 Å². The summed E-state index contributed by atoms with van der Waals surface area (Å²) in [5.74, 6) is 0.776. The van der Waals surface area contributed by atoms with Crippen LogP contribution in [0.5, 0.6) is 11.5 Å². The van der Waals surface area contributed by atoms with Gasteiger partial charge in [-0.3, -0.25) is 4.79 Å². The summed E-state index contributed by atoms with van der Waals surface area (Å²) in [6.45, 7) is 7.63. The predicted molar refractivity (Wildman–Crippen MR) is 133 cm³/mol. The number of methoxy groups -OCH3 is 2. The molecular weight excluding hydrogens is 470 g/mol. The zero-order valence-electron chi connectivity index (χ0n) is 20.7. The summed E-state index contributed by atoms with van der Waals surface area (Å²) < 4.78 is 22.2. The van der Waals surface area contributed by atoms with Crippen molar-refractivity contribution >= 4 is 28.8 Å². The molecule has 0 spiro atoms. The second-order valence-electron chi connectivity index (χ2n) is 8.62. The molecule has 1 amide bonds. The molecule has 188 valence electrons. The zero-order valence-corrected chi connectivity index (χ0v) is 21.5. The second kappa shape index (κ2) is 10.7. The van der Waals surface area contributed by atoms with Crippen LogP contribution in [0, 0.1) is 0 Å². The number of rotatable bonds is 7. The number of thioether (sulfide) groups is 1. The molecule has 1 saturated heterocycles. The highest BCUT2D eigenvalue weighted by Crippen LogP contribution is 2.47. The lowest BCUT2D eigenvalue weighted by atomic mass is 9.92. The van der Waals surface area contributed by atoms with Gasteiger partial charge in [0.1, 0.15) is 11.5 Å².